The van der Waals surface area contributed by atoms with Gasteiger partial charge in [0.2, 0.25) is 0 Å². The molecule has 0 aromatic carbocycles. The van der Waals surface area contributed by atoms with E-state index >= 15 is 0 Å². The molecule has 2 nitrogen and oxygen atoms in total. The topological polar surface area (TPSA) is 32.8 Å². The Bertz CT molecular complexity index is 72.9. The van der Waals surface area contributed by atoms with Gasteiger partial charge in [0.05, 0.1) is 12.7 Å². The lowest BCUT2D eigenvalue weighted by molar-refractivity contribution is 0.241. The van der Waals surface area contributed by atoms with Gasteiger partial charge in [-0.1, -0.05) is 13.3 Å². The molecule has 1 aliphatic rings. The molecular weight excluding hydrogens is 104 g/mol. The van der Waals surface area contributed by atoms with Crippen molar-refractivity contribution in [3.8, 4) is 0 Å². The molecule has 1 heterocycles. The van der Waals surface area contributed by atoms with Crippen molar-refractivity contribution >= 4 is 0 Å². The van der Waals surface area contributed by atoms with Crippen molar-refractivity contribution in [3.05, 3.63) is 0 Å². The number of aliphatic hydroxyl groups excluding tert-OH is 1. The van der Waals surface area contributed by atoms with Crippen molar-refractivity contribution < 1.29 is 9.84 Å². The van der Waals surface area contributed by atoms with Crippen LogP contribution >= 0.6 is 0 Å². The van der Waals surface area contributed by atoms with Crippen molar-refractivity contribution in [1.82, 2.24) is 0 Å². The summed E-state index contributed by atoms with van der Waals surface area (Å²) in [5, 5.41) is 8.48. The van der Waals surface area contributed by atoms with E-state index < -0.39 is 0 Å². The summed E-state index contributed by atoms with van der Waals surface area (Å²) in [5.74, 6) is 0. The third-order valence-corrected chi connectivity index (χ3v) is 1.44. The summed E-state index contributed by atoms with van der Waals surface area (Å²) in [6.07, 6.45) is 2.81. The highest BCUT2D eigenvalue weighted by Crippen LogP contribution is 2.25. The lowest BCUT2D eigenvalue weighted by Gasteiger charge is -1.84. The van der Waals surface area contributed by atoms with E-state index in [4.69, 9.17) is 9.84 Å². The van der Waals surface area contributed by atoms with Crippen LogP contribution in [0.15, 0.2) is 0 Å². The fourth-order valence-corrected chi connectivity index (χ4v) is 0.878. The monoisotopic (exact) mass is 116 g/mol. The Morgan fingerprint density at radius 2 is 2.25 bits per heavy atom. The third-order valence-electron chi connectivity index (χ3n) is 1.44. The smallest absolute Gasteiger partial charge is 0.107 e. The number of hydrogen-bond acceptors (Lipinski definition) is 2. The van der Waals surface area contributed by atoms with Crippen LogP contribution in [0, 0.1) is 0 Å². The summed E-state index contributed by atoms with van der Waals surface area (Å²) >= 11 is 0. The van der Waals surface area contributed by atoms with Crippen LogP contribution in [-0.2, 0) is 4.74 Å². The fourth-order valence-electron chi connectivity index (χ4n) is 0.878. The normalized spacial score (nSPS) is 35.2. The lowest BCUT2D eigenvalue weighted by atomic mass is 10.2. The van der Waals surface area contributed by atoms with Crippen LogP contribution in [0.3, 0.4) is 0 Å². The van der Waals surface area contributed by atoms with Gasteiger partial charge in [0.1, 0.15) is 6.10 Å². The van der Waals surface area contributed by atoms with Crippen LogP contribution in [0.2, 0.25) is 0 Å². The number of rotatable bonds is 3. The largest absolute Gasteiger partial charge is 0.394 e. The van der Waals surface area contributed by atoms with Gasteiger partial charge in [-0.25, -0.2) is 0 Å². The maximum Gasteiger partial charge on any atom is 0.107 e. The Balaban J connectivity index is 1.99. The average Bonchev–Trinajstić information content (AvgIpc) is 2.48. The predicted molar refractivity (Wildman–Crippen MR) is 30.7 cm³/mol. The van der Waals surface area contributed by atoms with Crippen LogP contribution in [0.5, 0.6) is 0 Å². The van der Waals surface area contributed by atoms with Crippen LogP contribution in [0.4, 0.5) is 0 Å². The van der Waals surface area contributed by atoms with E-state index in [1.165, 1.54) is 0 Å². The second kappa shape index (κ2) is 2.46. The van der Waals surface area contributed by atoms with Gasteiger partial charge in [-0.05, 0) is 6.42 Å². The number of epoxide rings is 1. The summed E-state index contributed by atoms with van der Waals surface area (Å²) < 4.78 is 5.06. The van der Waals surface area contributed by atoms with E-state index in [-0.39, 0.29) is 12.7 Å². The maximum atomic E-state index is 8.48. The molecule has 0 amide bonds. The highest BCUT2D eigenvalue weighted by Gasteiger charge is 2.36. The van der Waals surface area contributed by atoms with Crippen molar-refractivity contribution in [1.29, 1.82) is 0 Å². The number of ether oxygens (including phenoxy) is 1. The molecule has 1 rings (SSSR count). The Kier molecular flexibility index (Phi) is 1.86. The van der Waals surface area contributed by atoms with Crippen LogP contribution < -0.4 is 0 Å². The molecule has 0 aromatic heterocycles. The molecule has 0 saturated carbocycles. The second-order valence-electron chi connectivity index (χ2n) is 2.18. The number of hydrogen-bond donors (Lipinski definition) is 1. The summed E-state index contributed by atoms with van der Waals surface area (Å²) in [6, 6.07) is 0. The minimum absolute atomic E-state index is 0.176. The van der Waals surface area contributed by atoms with E-state index in [9.17, 15) is 0 Å². The molecule has 0 bridgehead atoms. The first-order chi connectivity index (χ1) is 3.88. The molecule has 1 N–H and O–H groups in total. The highest BCUT2D eigenvalue weighted by molar-refractivity contribution is 4.82. The van der Waals surface area contributed by atoms with Gasteiger partial charge in [-0.15, -0.1) is 0 Å². The molecule has 2 heteroatoms. The average molecular weight is 116 g/mol. The van der Waals surface area contributed by atoms with E-state index in [0.717, 1.165) is 12.8 Å². The summed E-state index contributed by atoms with van der Waals surface area (Å²) in [6.45, 7) is 2.32. The molecule has 0 spiro atoms. The number of aliphatic hydroxyl groups is 1. The van der Waals surface area contributed by atoms with Crippen LogP contribution in [0.25, 0.3) is 0 Å². The van der Waals surface area contributed by atoms with Crippen LogP contribution in [0.1, 0.15) is 19.8 Å². The Hall–Kier alpha value is -0.0800. The minimum Gasteiger partial charge on any atom is -0.394 e. The molecule has 0 aromatic rings. The molecule has 1 aliphatic heterocycles. The molecule has 0 unspecified atom stereocenters. The fraction of sp³-hybridized carbons (Fsp3) is 1.00. The molecular formula is C6H12O2. The van der Waals surface area contributed by atoms with Crippen molar-refractivity contribution in [2.24, 2.45) is 0 Å². The third kappa shape index (κ3) is 1.20. The van der Waals surface area contributed by atoms with Gasteiger partial charge in [0.25, 0.3) is 0 Å². The second-order valence-corrected chi connectivity index (χ2v) is 2.18. The first kappa shape index (κ1) is 6.05. The van der Waals surface area contributed by atoms with E-state index in [2.05, 4.69) is 6.92 Å². The van der Waals surface area contributed by atoms with Gasteiger partial charge < -0.3 is 9.84 Å². The summed E-state index contributed by atoms with van der Waals surface area (Å²) in [5.41, 5.74) is 0. The molecule has 2 atom stereocenters. The van der Waals surface area contributed by atoms with Crippen molar-refractivity contribution in [2.75, 3.05) is 6.61 Å². The predicted octanol–water partition coefficient (Wildman–Crippen LogP) is 0.546. The quantitative estimate of drug-likeness (QED) is 0.546. The van der Waals surface area contributed by atoms with Gasteiger partial charge >= 0.3 is 0 Å². The highest BCUT2D eigenvalue weighted by atomic mass is 16.6. The zero-order valence-corrected chi connectivity index (χ0v) is 5.13. The Labute approximate surface area is 49.5 Å². The summed E-state index contributed by atoms with van der Waals surface area (Å²) in [7, 11) is 0. The van der Waals surface area contributed by atoms with E-state index in [0.29, 0.717) is 6.10 Å². The van der Waals surface area contributed by atoms with E-state index in [1.54, 1.807) is 0 Å². The SMILES string of the molecule is CCC[C@H]1O[C@@H]1CO. The zero-order valence-electron chi connectivity index (χ0n) is 5.13. The molecule has 48 valence electrons. The Morgan fingerprint density at radius 3 is 2.62 bits per heavy atom. The summed E-state index contributed by atoms with van der Waals surface area (Å²) in [4.78, 5) is 0. The Morgan fingerprint density at radius 1 is 1.50 bits per heavy atom. The van der Waals surface area contributed by atoms with Gasteiger partial charge in [-0.2, -0.15) is 0 Å². The van der Waals surface area contributed by atoms with Crippen molar-refractivity contribution in [2.45, 2.75) is 32.0 Å². The molecule has 0 radical (unpaired) electrons. The van der Waals surface area contributed by atoms with Gasteiger partial charge in [0.15, 0.2) is 0 Å². The zero-order chi connectivity index (χ0) is 5.98. The lowest BCUT2D eigenvalue weighted by Crippen LogP contribution is -1.97. The molecule has 1 fully saturated rings. The van der Waals surface area contributed by atoms with Gasteiger partial charge in [0, 0.05) is 0 Å². The molecule has 8 heavy (non-hydrogen) atoms. The maximum absolute atomic E-state index is 8.48. The van der Waals surface area contributed by atoms with Crippen molar-refractivity contribution in [3.63, 3.8) is 0 Å². The van der Waals surface area contributed by atoms with Crippen LogP contribution in [-0.4, -0.2) is 23.9 Å². The minimum atomic E-state index is 0.176. The van der Waals surface area contributed by atoms with E-state index in [1.807, 2.05) is 0 Å². The first-order valence-corrected chi connectivity index (χ1v) is 3.14. The molecule has 1 saturated heterocycles. The first-order valence-electron chi connectivity index (χ1n) is 3.14. The van der Waals surface area contributed by atoms with Gasteiger partial charge in [-0.3, -0.25) is 0 Å². The standard InChI is InChI=1S/C6H12O2/c1-2-3-5-6(4-7)8-5/h5-7H,2-4H2,1H3/t5-,6-/m1/s1. The molecule has 0 aliphatic carbocycles.